The van der Waals surface area contributed by atoms with E-state index < -0.39 is 5.60 Å². The second kappa shape index (κ2) is 6.77. The fraction of sp³-hybridized carbons (Fsp3) is 0.733. The number of nitrogens with zero attached hydrogens (tertiary/aromatic N) is 2. The van der Waals surface area contributed by atoms with Crippen molar-refractivity contribution in [1.29, 1.82) is 0 Å². The van der Waals surface area contributed by atoms with Gasteiger partial charge in [-0.2, -0.15) is 0 Å². The van der Waals surface area contributed by atoms with Crippen LogP contribution >= 0.6 is 0 Å². The minimum absolute atomic E-state index is 0.0479. The first-order valence-electron chi connectivity index (χ1n) is 7.11. The minimum Gasteiger partial charge on any atom is -0.444 e. The van der Waals surface area contributed by atoms with Crippen LogP contribution in [0.1, 0.15) is 40.0 Å². The highest BCUT2D eigenvalue weighted by Gasteiger charge is 2.28. The number of ether oxygens (including phenoxy) is 1. The van der Waals surface area contributed by atoms with Crippen molar-refractivity contribution in [3.05, 3.63) is 12.7 Å². The Morgan fingerprint density at radius 3 is 2.60 bits per heavy atom. The molecule has 0 saturated carbocycles. The van der Waals surface area contributed by atoms with Crippen molar-refractivity contribution >= 4 is 12.0 Å². The Kier molecular flexibility index (Phi) is 5.60. The molecule has 1 aliphatic heterocycles. The number of carbonyl (C=O) groups excluding carboxylic acids is 2. The van der Waals surface area contributed by atoms with E-state index in [0.29, 0.717) is 6.54 Å². The largest absolute Gasteiger partial charge is 0.444 e. The van der Waals surface area contributed by atoms with Gasteiger partial charge in [0.25, 0.3) is 0 Å². The van der Waals surface area contributed by atoms with Crippen molar-refractivity contribution < 1.29 is 14.3 Å². The molecule has 1 heterocycles. The maximum atomic E-state index is 12.0. The Morgan fingerprint density at radius 2 is 2.05 bits per heavy atom. The Bertz CT molecular complexity index is 374. The monoisotopic (exact) mass is 282 g/mol. The number of piperidine rings is 1. The molecule has 0 aliphatic carbocycles. The number of likely N-dealkylation sites (N-methyl/N-ethyl adjacent to an activating group) is 1. The van der Waals surface area contributed by atoms with Crippen LogP contribution in [-0.4, -0.2) is 53.6 Å². The van der Waals surface area contributed by atoms with Crippen LogP contribution < -0.4 is 0 Å². The van der Waals surface area contributed by atoms with Gasteiger partial charge >= 0.3 is 6.09 Å². The molecule has 0 aromatic carbocycles. The van der Waals surface area contributed by atoms with Gasteiger partial charge in [0.05, 0.1) is 0 Å². The third-order valence-electron chi connectivity index (χ3n) is 3.27. The molecular weight excluding hydrogens is 256 g/mol. The normalized spacial score (nSPS) is 19.4. The van der Waals surface area contributed by atoms with E-state index in [2.05, 4.69) is 6.58 Å². The van der Waals surface area contributed by atoms with Gasteiger partial charge in [0.1, 0.15) is 5.60 Å². The summed E-state index contributed by atoms with van der Waals surface area (Å²) in [5.41, 5.74) is -0.505. The van der Waals surface area contributed by atoms with E-state index in [1.807, 2.05) is 20.8 Å². The summed E-state index contributed by atoms with van der Waals surface area (Å²) in [5.74, 6) is -0.0627. The Balaban J connectivity index is 2.62. The molecule has 5 heteroatoms. The van der Waals surface area contributed by atoms with Crippen LogP contribution in [-0.2, 0) is 9.53 Å². The molecule has 1 aliphatic rings. The van der Waals surface area contributed by atoms with E-state index >= 15 is 0 Å². The average Bonchev–Trinajstić information content (AvgIpc) is 2.36. The number of rotatable bonds is 3. The van der Waals surface area contributed by atoms with E-state index in [4.69, 9.17) is 4.74 Å². The molecular formula is C15H26N2O3. The predicted molar refractivity (Wildman–Crippen MR) is 78.4 cm³/mol. The molecule has 114 valence electrons. The molecule has 0 bridgehead atoms. The zero-order valence-electron chi connectivity index (χ0n) is 13.0. The highest BCUT2D eigenvalue weighted by Crippen LogP contribution is 2.19. The van der Waals surface area contributed by atoms with Crippen molar-refractivity contribution in [3.63, 3.8) is 0 Å². The second-order valence-corrected chi connectivity index (χ2v) is 6.25. The third kappa shape index (κ3) is 4.87. The lowest BCUT2D eigenvalue weighted by Gasteiger charge is -2.37. The lowest BCUT2D eigenvalue weighted by atomic mass is 10.0. The summed E-state index contributed by atoms with van der Waals surface area (Å²) in [4.78, 5) is 27.1. The third-order valence-corrected chi connectivity index (χ3v) is 3.27. The molecule has 5 nitrogen and oxygen atoms in total. The zero-order chi connectivity index (χ0) is 15.3. The van der Waals surface area contributed by atoms with Crippen molar-refractivity contribution in [3.8, 4) is 0 Å². The van der Waals surface area contributed by atoms with Gasteiger partial charge in [0.2, 0.25) is 5.91 Å². The van der Waals surface area contributed by atoms with Crippen LogP contribution in [0, 0.1) is 0 Å². The number of hydrogen-bond acceptors (Lipinski definition) is 3. The minimum atomic E-state index is -0.505. The van der Waals surface area contributed by atoms with Gasteiger partial charge < -0.3 is 14.5 Å². The standard InChI is InChI=1S/C15H26N2O3/c1-6-13(18)17-10-8-7-9-12(17)11-16(5)14(19)20-15(2,3)4/h6,12H,1,7-11H2,2-5H3/t12-/m0/s1. The van der Waals surface area contributed by atoms with Crippen LogP contribution in [0.2, 0.25) is 0 Å². The van der Waals surface area contributed by atoms with E-state index in [9.17, 15) is 9.59 Å². The fourth-order valence-electron chi connectivity index (χ4n) is 2.33. The topological polar surface area (TPSA) is 49.9 Å². The van der Waals surface area contributed by atoms with Crippen molar-refractivity contribution in [1.82, 2.24) is 9.80 Å². The lowest BCUT2D eigenvalue weighted by molar-refractivity contribution is -0.129. The van der Waals surface area contributed by atoms with Gasteiger partial charge in [0.15, 0.2) is 0 Å². The number of hydrogen-bond donors (Lipinski definition) is 0. The highest BCUT2D eigenvalue weighted by molar-refractivity contribution is 5.87. The van der Waals surface area contributed by atoms with Gasteiger partial charge in [-0.1, -0.05) is 6.58 Å². The first-order chi connectivity index (χ1) is 9.24. The van der Waals surface area contributed by atoms with Crippen molar-refractivity contribution in [2.24, 2.45) is 0 Å². The maximum Gasteiger partial charge on any atom is 0.410 e. The van der Waals surface area contributed by atoms with E-state index in [1.54, 1.807) is 16.8 Å². The summed E-state index contributed by atoms with van der Waals surface area (Å²) < 4.78 is 5.33. The molecule has 1 rings (SSSR count). The van der Waals surface area contributed by atoms with E-state index in [0.717, 1.165) is 25.8 Å². The summed E-state index contributed by atoms with van der Waals surface area (Å²) in [6.07, 6.45) is 3.98. The van der Waals surface area contributed by atoms with Crippen LogP contribution in [0.25, 0.3) is 0 Å². The molecule has 1 saturated heterocycles. The Morgan fingerprint density at radius 1 is 1.40 bits per heavy atom. The Hall–Kier alpha value is -1.52. The summed E-state index contributed by atoms with van der Waals surface area (Å²) in [6, 6.07) is 0.0479. The second-order valence-electron chi connectivity index (χ2n) is 6.25. The van der Waals surface area contributed by atoms with Crippen LogP contribution in [0.4, 0.5) is 4.79 Å². The molecule has 0 unspecified atom stereocenters. The molecule has 0 N–H and O–H groups in total. The molecule has 2 amide bonds. The smallest absolute Gasteiger partial charge is 0.410 e. The molecule has 0 radical (unpaired) electrons. The molecule has 0 spiro atoms. The lowest BCUT2D eigenvalue weighted by Crippen LogP contribution is -2.49. The van der Waals surface area contributed by atoms with E-state index in [1.165, 1.54) is 6.08 Å². The first kappa shape index (κ1) is 16.5. The summed E-state index contributed by atoms with van der Waals surface area (Å²) >= 11 is 0. The summed E-state index contributed by atoms with van der Waals surface area (Å²) in [6.45, 7) is 10.3. The fourth-order valence-corrected chi connectivity index (χ4v) is 2.33. The van der Waals surface area contributed by atoms with Crippen molar-refractivity contribution in [2.75, 3.05) is 20.1 Å². The zero-order valence-corrected chi connectivity index (χ0v) is 13.0. The highest BCUT2D eigenvalue weighted by atomic mass is 16.6. The first-order valence-corrected chi connectivity index (χ1v) is 7.11. The van der Waals surface area contributed by atoms with Gasteiger partial charge in [-0.15, -0.1) is 0 Å². The Labute approximate surface area is 121 Å². The van der Waals surface area contributed by atoms with Gasteiger partial charge in [-0.3, -0.25) is 4.79 Å². The number of carbonyl (C=O) groups is 2. The van der Waals surface area contributed by atoms with Gasteiger partial charge in [0, 0.05) is 26.2 Å². The van der Waals surface area contributed by atoms with Crippen LogP contribution in [0.5, 0.6) is 0 Å². The average molecular weight is 282 g/mol. The van der Waals surface area contributed by atoms with Crippen LogP contribution in [0.15, 0.2) is 12.7 Å². The van der Waals surface area contributed by atoms with Gasteiger partial charge in [-0.25, -0.2) is 4.79 Å². The maximum absolute atomic E-state index is 12.0. The molecule has 0 aromatic heterocycles. The quantitative estimate of drug-likeness (QED) is 0.747. The SMILES string of the molecule is C=CC(=O)N1CCCC[C@H]1CN(C)C(=O)OC(C)(C)C. The molecule has 0 aromatic rings. The van der Waals surface area contributed by atoms with E-state index in [-0.39, 0.29) is 18.0 Å². The van der Waals surface area contributed by atoms with Crippen LogP contribution in [0.3, 0.4) is 0 Å². The number of amides is 2. The predicted octanol–water partition coefficient (Wildman–Crippen LogP) is 2.42. The molecule has 1 atom stereocenters. The molecule has 1 fully saturated rings. The summed E-state index contributed by atoms with van der Waals surface area (Å²) in [5, 5.41) is 0. The number of likely N-dealkylation sites (tertiary alicyclic amines) is 1. The van der Waals surface area contributed by atoms with Gasteiger partial charge in [-0.05, 0) is 46.1 Å². The molecule has 20 heavy (non-hydrogen) atoms. The van der Waals surface area contributed by atoms with Crippen molar-refractivity contribution in [2.45, 2.75) is 51.7 Å². The summed E-state index contributed by atoms with van der Waals surface area (Å²) in [7, 11) is 1.71.